The highest BCUT2D eigenvalue weighted by Crippen LogP contribution is 2.45. The molecule has 0 saturated heterocycles. The molecule has 0 bridgehead atoms. The fraction of sp³-hybridized carbons (Fsp3) is 0.901. The summed E-state index contributed by atoms with van der Waals surface area (Å²) in [5.74, 6) is -2.13. The highest BCUT2D eigenvalue weighted by atomic mass is 31.2. The van der Waals surface area contributed by atoms with Crippen LogP contribution < -0.4 is 0 Å². The van der Waals surface area contributed by atoms with Crippen molar-refractivity contribution < 1.29 is 80.2 Å². The monoisotopic (exact) mass is 1460 g/mol. The molecular weight excluding hydrogens is 1310 g/mol. The molecule has 0 aromatic carbocycles. The van der Waals surface area contributed by atoms with Gasteiger partial charge in [0.15, 0.2) is 12.2 Å². The number of carbonyl (C=O) groups excluding carboxylic acids is 4. The van der Waals surface area contributed by atoms with Crippen LogP contribution in [0.1, 0.15) is 413 Å². The lowest BCUT2D eigenvalue weighted by Crippen LogP contribution is -2.30. The summed E-state index contributed by atoms with van der Waals surface area (Å²) >= 11 is 0. The molecule has 0 fully saturated rings. The molecule has 0 aliphatic carbocycles. The summed E-state index contributed by atoms with van der Waals surface area (Å²) in [6.07, 6.45) is 70.1. The number of phosphoric ester groups is 2. The summed E-state index contributed by atoms with van der Waals surface area (Å²) in [5.41, 5.74) is 0. The van der Waals surface area contributed by atoms with Crippen LogP contribution in [0, 0.1) is 0 Å². The lowest BCUT2D eigenvalue weighted by Gasteiger charge is -2.21. The third-order valence-electron chi connectivity index (χ3n) is 18.5. The summed E-state index contributed by atoms with van der Waals surface area (Å²) in [6.45, 7) is 4.96. The van der Waals surface area contributed by atoms with E-state index in [-0.39, 0.29) is 25.7 Å². The first-order valence-electron chi connectivity index (χ1n) is 41.6. The molecule has 100 heavy (non-hydrogen) atoms. The van der Waals surface area contributed by atoms with Gasteiger partial charge in [-0.25, -0.2) is 9.13 Å². The third-order valence-corrected chi connectivity index (χ3v) is 20.4. The first-order chi connectivity index (χ1) is 48.7. The zero-order chi connectivity index (χ0) is 73.2. The van der Waals surface area contributed by atoms with Gasteiger partial charge in [-0.05, 0) is 51.4 Å². The standard InChI is InChI=1S/C81H154O17P2/c1-5-9-13-17-21-25-29-32-35-37-38-41-44-48-52-56-60-64-68-81(86)98-77(72-92-79(84)66-62-58-54-50-46-42-40-36-33-30-26-22-18-14-10-6-2)74-96-100(89,90)94-70-75(82)69-93-99(87,88)95-73-76(71-91-78(83)65-61-57-53-49-45-28-24-20-16-12-8-4)97-80(85)67-63-59-55-51-47-43-39-34-31-27-23-19-15-11-7-3/h27,31,34,39,75-77,82H,5-26,28-30,32-33,35-38,40-74H2,1-4H3,(H,87,88)(H,89,90)/b31-27-,39-34-/t75-,76+,77+/m0/s1. The number of phosphoric acid groups is 2. The Labute approximate surface area is 612 Å². The van der Waals surface area contributed by atoms with Gasteiger partial charge >= 0.3 is 39.5 Å². The molecule has 3 N–H and O–H groups in total. The second kappa shape index (κ2) is 74.8. The van der Waals surface area contributed by atoms with Crippen molar-refractivity contribution >= 4 is 39.5 Å². The predicted molar refractivity (Wildman–Crippen MR) is 409 cm³/mol. The molecule has 0 aromatic heterocycles. The summed E-state index contributed by atoms with van der Waals surface area (Å²) in [6, 6.07) is 0. The predicted octanol–water partition coefficient (Wildman–Crippen LogP) is 24.1. The van der Waals surface area contributed by atoms with E-state index in [1.165, 1.54) is 231 Å². The molecule has 590 valence electrons. The summed E-state index contributed by atoms with van der Waals surface area (Å²) in [7, 11) is -9.93. The topological polar surface area (TPSA) is 237 Å². The molecular formula is C81H154O17P2. The highest BCUT2D eigenvalue weighted by molar-refractivity contribution is 7.47. The molecule has 0 radical (unpaired) electrons. The van der Waals surface area contributed by atoms with Gasteiger partial charge in [0.05, 0.1) is 26.4 Å². The zero-order valence-corrected chi connectivity index (χ0v) is 66.5. The van der Waals surface area contributed by atoms with Crippen LogP contribution in [-0.2, 0) is 65.4 Å². The van der Waals surface area contributed by atoms with Crippen LogP contribution in [0.4, 0.5) is 0 Å². The van der Waals surface area contributed by atoms with Gasteiger partial charge in [0, 0.05) is 25.7 Å². The fourth-order valence-corrected chi connectivity index (χ4v) is 13.7. The van der Waals surface area contributed by atoms with Crippen molar-refractivity contribution in [1.82, 2.24) is 0 Å². The molecule has 0 rings (SSSR count). The van der Waals surface area contributed by atoms with Crippen LogP contribution in [-0.4, -0.2) is 96.7 Å². The molecule has 0 aliphatic rings. The van der Waals surface area contributed by atoms with Gasteiger partial charge in [-0.1, -0.05) is 360 Å². The number of hydrogen-bond acceptors (Lipinski definition) is 15. The van der Waals surface area contributed by atoms with Crippen LogP contribution in [0.3, 0.4) is 0 Å². The van der Waals surface area contributed by atoms with Gasteiger partial charge in [-0.3, -0.25) is 37.3 Å². The van der Waals surface area contributed by atoms with E-state index in [0.717, 1.165) is 103 Å². The Morgan fingerprint density at radius 1 is 0.280 bits per heavy atom. The third kappa shape index (κ3) is 73.8. The molecule has 17 nitrogen and oxygen atoms in total. The number of unbranched alkanes of at least 4 members (excludes halogenated alkanes) is 51. The molecule has 0 spiro atoms. The molecule has 0 heterocycles. The van der Waals surface area contributed by atoms with Gasteiger partial charge in [-0.2, -0.15) is 0 Å². The van der Waals surface area contributed by atoms with E-state index in [1.54, 1.807) is 0 Å². The van der Waals surface area contributed by atoms with E-state index < -0.39 is 97.5 Å². The van der Waals surface area contributed by atoms with Crippen LogP contribution in [0.25, 0.3) is 0 Å². The summed E-state index contributed by atoms with van der Waals surface area (Å²) in [5, 5.41) is 10.6. The summed E-state index contributed by atoms with van der Waals surface area (Å²) < 4.78 is 68.7. The fourth-order valence-electron chi connectivity index (χ4n) is 12.1. The van der Waals surface area contributed by atoms with Gasteiger partial charge in [0.1, 0.15) is 19.3 Å². The number of allylic oxidation sites excluding steroid dienone is 4. The van der Waals surface area contributed by atoms with Gasteiger partial charge in [-0.15, -0.1) is 0 Å². The van der Waals surface area contributed by atoms with Crippen molar-refractivity contribution in [1.29, 1.82) is 0 Å². The Bertz CT molecular complexity index is 1990. The van der Waals surface area contributed by atoms with Crippen molar-refractivity contribution in [2.75, 3.05) is 39.6 Å². The van der Waals surface area contributed by atoms with Crippen LogP contribution in [0.5, 0.6) is 0 Å². The molecule has 0 aromatic rings. The van der Waals surface area contributed by atoms with Crippen molar-refractivity contribution in [2.45, 2.75) is 431 Å². The number of rotatable bonds is 80. The number of aliphatic hydroxyl groups excluding tert-OH is 1. The average Bonchev–Trinajstić information content (AvgIpc) is 0.937. The molecule has 0 saturated carbocycles. The van der Waals surface area contributed by atoms with E-state index >= 15 is 0 Å². The van der Waals surface area contributed by atoms with Crippen molar-refractivity contribution in [2.24, 2.45) is 0 Å². The largest absolute Gasteiger partial charge is 0.472 e. The molecule has 0 amide bonds. The van der Waals surface area contributed by atoms with E-state index in [2.05, 4.69) is 52.0 Å². The van der Waals surface area contributed by atoms with Crippen LogP contribution in [0.15, 0.2) is 24.3 Å². The van der Waals surface area contributed by atoms with Crippen molar-refractivity contribution in [3.63, 3.8) is 0 Å². The number of carbonyl (C=O) groups is 4. The maximum Gasteiger partial charge on any atom is 0.472 e. The van der Waals surface area contributed by atoms with E-state index in [9.17, 15) is 43.2 Å². The Balaban J connectivity index is 5.28. The number of esters is 4. The zero-order valence-electron chi connectivity index (χ0n) is 64.7. The van der Waals surface area contributed by atoms with Crippen LogP contribution in [0.2, 0.25) is 0 Å². The van der Waals surface area contributed by atoms with E-state index in [0.29, 0.717) is 25.7 Å². The smallest absolute Gasteiger partial charge is 0.462 e. The molecule has 0 aliphatic heterocycles. The van der Waals surface area contributed by atoms with Crippen molar-refractivity contribution in [3.05, 3.63) is 24.3 Å². The quantitative estimate of drug-likeness (QED) is 0.0169. The first kappa shape index (κ1) is 97.5. The number of aliphatic hydroxyl groups is 1. The van der Waals surface area contributed by atoms with E-state index in [4.69, 9.17) is 37.0 Å². The maximum absolute atomic E-state index is 13.1. The van der Waals surface area contributed by atoms with Gasteiger partial charge in [0.25, 0.3) is 0 Å². The number of hydrogen-bond donors (Lipinski definition) is 3. The second-order valence-electron chi connectivity index (χ2n) is 28.5. The minimum atomic E-state index is -4.97. The van der Waals surface area contributed by atoms with E-state index in [1.807, 2.05) is 0 Å². The Hall–Kier alpha value is -2.46. The summed E-state index contributed by atoms with van der Waals surface area (Å²) in [4.78, 5) is 73.0. The average molecular weight is 1460 g/mol. The Kier molecular flexibility index (Phi) is 73.0. The SMILES string of the molecule is CCCCCC/C=C\C=C/CCCCCCCC(=O)O[C@H](COC(=O)CCCCCCCCCCCCC)COP(=O)(O)OC[C@H](O)COP(=O)(O)OC[C@@H](COC(=O)CCCCCCCCCCCCCCCCCC)OC(=O)CCCCCCCCCCCCCCCCCCCC. The molecule has 2 unspecified atom stereocenters. The molecule has 19 heteroatoms. The normalized spacial score (nSPS) is 13.9. The molecule has 5 atom stereocenters. The minimum Gasteiger partial charge on any atom is -0.462 e. The van der Waals surface area contributed by atoms with Gasteiger partial charge < -0.3 is 33.8 Å². The number of ether oxygens (including phenoxy) is 4. The highest BCUT2D eigenvalue weighted by Gasteiger charge is 2.30. The second-order valence-corrected chi connectivity index (χ2v) is 31.4. The first-order valence-corrected chi connectivity index (χ1v) is 44.6. The van der Waals surface area contributed by atoms with Gasteiger partial charge in [0.2, 0.25) is 0 Å². The lowest BCUT2D eigenvalue weighted by atomic mass is 10.0. The maximum atomic E-state index is 13.1. The lowest BCUT2D eigenvalue weighted by molar-refractivity contribution is -0.161. The minimum absolute atomic E-state index is 0.0859. The Morgan fingerprint density at radius 2 is 0.480 bits per heavy atom. The Morgan fingerprint density at radius 3 is 0.730 bits per heavy atom. The van der Waals surface area contributed by atoms with Crippen molar-refractivity contribution in [3.8, 4) is 0 Å². The van der Waals surface area contributed by atoms with Crippen LogP contribution >= 0.6 is 15.6 Å².